The molecule has 3 heteroatoms. The Morgan fingerprint density at radius 2 is 2.23 bits per heavy atom. The second-order valence-corrected chi connectivity index (χ2v) is 4.23. The molecule has 0 unspecified atom stereocenters. The van der Waals surface area contributed by atoms with Crippen LogP contribution in [-0.2, 0) is 4.79 Å². The molecular weight excluding hydrogens is 166 g/mol. The molecule has 0 aromatic heterocycles. The Bertz CT molecular complexity index is 180. The van der Waals surface area contributed by atoms with Gasteiger partial charge in [-0.05, 0) is 25.2 Å². The Morgan fingerprint density at radius 3 is 2.69 bits per heavy atom. The molecule has 0 heterocycles. The first-order valence-electron chi connectivity index (χ1n) is 5.05. The van der Waals surface area contributed by atoms with E-state index >= 15 is 0 Å². The van der Waals surface area contributed by atoms with Crippen LogP contribution in [0.4, 0.5) is 0 Å². The van der Waals surface area contributed by atoms with Gasteiger partial charge in [-0.1, -0.05) is 13.8 Å². The van der Waals surface area contributed by atoms with E-state index in [1.807, 2.05) is 13.8 Å². The molecule has 0 aliphatic heterocycles. The summed E-state index contributed by atoms with van der Waals surface area (Å²) in [5.74, 6) is 0.658. The van der Waals surface area contributed by atoms with E-state index in [1.54, 1.807) is 0 Å². The maximum Gasteiger partial charge on any atom is 0.222 e. The third-order valence-electron chi connectivity index (χ3n) is 2.60. The van der Waals surface area contributed by atoms with Gasteiger partial charge in [-0.2, -0.15) is 0 Å². The van der Waals surface area contributed by atoms with Gasteiger partial charge < -0.3 is 10.4 Å². The summed E-state index contributed by atoms with van der Waals surface area (Å²) in [7, 11) is 0. The Labute approximate surface area is 79.5 Å². The maximum atomic E-state index is 11.2. The lowest BCUT2D eigenvalue weighted by molar-refractivity contribution is -0.124. The Hall–Kier alpha value is -0.570. The Morgan fingerprint density at radius 1 is 1.54 bits per heavy atom. The summed E-state index contributed by atoms with van der Waals surface area (Å²) in [6.07, 6.45) is 2.64. The molecule has 0 aromatic rings. The molecule has 1 aliphatic rings. The van der Waals surface area contributed by atoms with E-state index in [4.69, 9.17) is 0 Å². The third kappa shape index (κ3) is 3.35. The first kappa shape index (κ1) is 10.5. The van der Waals surface area contributed by atoms with Gasteiger partial charge in [-0.3, -0.25) is 4.79 Å². The SMILES string of the molecule is CC(C)C(=O)NC[C@H]1CC[C@H](O)C1. The van der Waals surface area contributed by atoms with E-state index in [2.05, 4.69) is 5.32 Å². The largest absolute Gasteiger partial charge is 0.393 e. The predicted octanol–water partition coefficient (Wildman–Crippen LogP) is 0.920. The smallest absolute Gasteiger partial charge is 0.222 e. The number of aliphatic hydroxyl groups excluding tert-OH is 1. The highest BCUT2D eigenvalue weighted by Gasteiger charge is 2.23. The van der Waals surface area contributed by atoms with Gasteiger partial charge in [0.15, 0.2) is 0 Å². The highest BCUT2D eigenvalue weighted by atomic mass is 16.3. The van der Waals surface area contributed by atoms with E-state index in [-0.39, 0.29) is 17.9 Å². The fourth-order valence-electron chi connectivity index (χ4n) is 1.68. The molecule has 2 atom stereocenters. The average molecular weight is 185 g/mol. The normalized spacial score (nSPS) is 28.0. The summed E-state index contributed by atoms with van der Waals surface area (Å²) in [6.45, 7) is 4.51. The molecule has 2 N–H and O–H groups in total. The van der Waals surface area contributed by atoms with Gasteiger partial charge in [-0.25, -0.2) is 0 Å². The Kier molecular flexibility index (Phi) is 3.72. The molecule has 3 nitrogen and oxygen atoms in total. The summed E-state index contributed by atoms with van der Waals surface area (Å²) >= 11 is 0. The number of carbonyl (C=O) groups is 1. The van der Waals surface area contributed by atoms with Crippen LogP contribution >= 0.6 is 0 Å². The molecule has 0 saturated heterocycles. The van der Waals surface area contributed by atoms with Gasteiger partial charge in [0.1, 0.15) is 0 Å². The minimum atomic E-state index is -0.138. The summed E-state index contributed by atoms with van der Waals surface area (Å²) in [4.78, 5) is 11.2. The average Bonchev–Trinajstić information content (AvgIpc) is 2.47. The quantitative estimate of drug-likeness (QED) is 0.687. The molecule has 1 rings (SSSR count). The monoisotopic (exact) mass is 185 g/mol. The van der Waals surface area contributed by atoms with Crippen molar-refractivity contribution < 1.29 is 9.90 Å². The second kappa shape index (κ2) is 4.61. The molecule has 0 aromatic carbocycles. The van der Waals surface area contributed by atoms with E-state index in [9.17, 15) is 9.90 Å². The van der Waals surface area contributed by atoms with Crippen molar-refractivity contribution in [3.63, 3.8) is 0 Å². The van der Waals surface area contributed by atoms with Gasteiger partial charge in [0, 0.05) is 12.5 Å². The van der Waals surface area contributed by atoms with Crippen LogP contribution in [0.15, 0.2) is 0 Å². The molecule has 0 bridgehead atoms. The van der Waals surface area contributed by atoms with Crippen LogP contribution in [0.1, 0.15) is 33.1 Å². The molecule has 0 radical (unpaired) electrons. The molecule has 1 saturated carbocycles. The summed E-state index contributed by atoms with van der Waals surface area (Å²) < 4.78 is 0. The van der Waals surface area contributed by atoms with Gasteiger partial charge in [-0.15, -0.1) is 0 Å². The zero-order chi connectivity index (χ0) is 9.84. The fraction of sp³-hybridized carbons (Fsp3) is 0.900. The van der Waals surface area contributed by atoms with Gasteiger partial charge in [0.25, 0.3) is 0 Å². The lowest BCUT2D eigenvalue weighted by atomic mass is 10.1. The van der Waals surface area contributed by atoms with Crippen molar-refractivity contribution in [2.24, 2.45) is 11.8 Å². The number of nitrogens with one attached hydrogen (secondary N) is 1. The summed E-state index contributed by atoms with van der Waals surface area (Å²) in [5, 5.41) is 12.2. The standard InChI is InChI=1S/C10H19NO2/c1-7(2)10(13)11-6-8-3-4-9(12)5-8/h7-9,12H,3-6H2,1-2H3,(H,11,13)/t8-,9-/m0/s1. The molecule has 1 amide bonds. The van der Waals surface area contributed by atoms with E-state index in [0.29, 0.717) is 5.92 Å². The lowest BCUT2D eigenvalue weighted by Crippen LogP contribution is -2.31. The van der Waals surface area contributed by atoms with Crippen LogP contribution in [0.3, 0.4) is 0 Å². The summed E-state index contributed by atoms with van der Waals surface area (Å²) in [5.41, 5.74) is 0. The van der Waals surface area contributed by atoms with Gasteiger partial charge in [0.2, 0.25) is 5.91 Å². The predicted molar refractivity (Wildman–Crippen MR) is 51.2 cm³/mol. The zero-order valence-corrected chi connectivity index (χ0v) is 8.42. The first-order chi connectivity index (χ1) is 6.09. The first-order valence-corrected chi connectivity index (χ1v) is 5.05. The minimum Gasteiger partial charge on any atom is -0.393 e. The Balaban J connectivity index is 2.16. The number of hydrogen-bond donors (Lipinski definition) is 2. The van der Waals surface area contributed by atoms with Crippen molar-refractivity contribution in [2.75, 3.05) is 6.54 Å². The number of aliphatic hydroxyl groups is 1. The van der Waals surface area contributed by atoms with Crippen molar-refractivity contribution in [3.05, 3.63) is 0 Å². The van der Waals surface area contributed by atoms with Crippen molar-refractivity contribution >= 4 is 5.91 Å². The van der Waals surface area contributed by atoms with E-state index < -0.39 is 0 Å². The van der Waals surface area contributed by atoms with Crippen molar-refractivity contribution in [2.45, 2.75) is 39.2 Å². The number of hydrogen-bond acceptors (Lipinski definition) is 2. The van der Waals surface area contributed by atoms with Crippen molar-refractivity contribution in [1.82, 2.24) is 5.32 Å². The maximum absolute atomic E-state index is 11.2. The molecule has 13 heavy (non-hydrogen) atoms. The minimum absolute atomic E-state index is 0.0614. The zero-order valence-electron chi connectivity index (χ0n) is 8.42. The van der Waals surface area contributed by atoms with Crippen LogP contribution in [0, 0.1) is 11.8 Å². The van der Waals surface area contributed by atoms with Crippen LogP contribution in [0.2, 0.25) is 0 Å². The number of amides is 1. The molecule has 1 fully saturated rings. The number of rotatable bonds is 3. The van der Waals surface area contributed by atoms with Crippen LogP contribution in [0.25, 0.3) is 0 Å². The van der Waals surface area contributed by atoms with Gasteiger partial charge in [0.05, 0.1) is 6.10 Å². The highest BCUT2D eigenvalue weighted by molar-refractivity contribution is 5.77. The molecular formula is C10H19NO2. The molecule has 76 valence electrons. The van der Waals surface area contributed by atoms with Crippen LogP contribution in [0.5, 0.6) is 0 Å². The van der Waals surface area contributed by atoms with E-state index in [0.717, 1.165) is 25.8 Å². The van der Waals surface area contributed by atoms with Crippen LogP contribution < -0.4 is 5.32 Å². The van der Waals surface area contributed by atoms with Gasteiger partial charge >= 0.3 is 0 Å². The van der Waals surface area contributed by atoms with Crippen molar-refractivity contribution in [1.29, 1.82) is 0 Å². The topological polar surface area (TPSA) is 49.3 Å². The fourth-order valence-corrected chi connectivity index (χ4v) is 1.68. The van der Waals surface area contributed by atoms with E-state index in [1.165, 1.54) is 0 Å². The highest BCUT2D eigenvalue weighted by Crippen LogP contribution is 2.24. The molecule has 0 spiro atoms. The van der Waals surface area contributed by atoms with Crippen LogP contribution in [-0.4, -0.2) is 23.7 Å². The number of carbonyl (C=O) groups excluding carboxylic acids is 1. The second-order valence-electron chi connectivity index (χ2n) is 4.23. The molecule has 1 aliphatic carbocycles. The summed E-state index contributed by atoms with van der Waals surface area (Å²) in [6, 6.07) is 0. The third-order valence-corrected chi connectivity index (χ3v) is 2.60. The lowest BCUT2D eigenvalue weighted by Gasteiger charge is -2.12. The van der Waals surface area contributed by atoms with Crippen molar-refractivity contribution in [3.8, 4) is 0 Å².